The second-order valence-electron chi connectivity index (χ2n) is 2.30. The molecule has 3 heteroatoms. The molecule has 0 atom stereocenters. The average molecular weight is 151 g/mol. The lowest BCUT2D eigenvalue weighted by molar-refractivity contribution is 0.603. The lowest BCUT2D eigenvalue weighted by Gasteiger charge is -1.94. The number of hydrogen-bond donors (Lipinski definition) is 1. The molecule has 11 heavy (non-hydrogen) atoms. The standard InChI is InChI=1S/C8H6FNO/c9-6-2-1-5-3-4-11-8(5)7(6)10/h1-4H,10H2. The maximum atomic E-state index is 12.7. The third-order valence-corrected chi connectivity index (χ3v) is 1.61. The molecular weight excluding hydrogens is 145 g/mol. The van der Waals surface area contributed by atoms with E-state index in [9.17, 15) is 4.39 Å². The largest absolute Gasteiger partial charge is 0.462 e. The molecule has 0 saturated carbocycles. The molecule has 2 nitrogen and oxygen atoms in total. The molecule has 0 unspecified atom stereocenters. The van der Waals surface area contributed by atoms with Crippen molar-refractivity contribution in [1.82, 2.24) is 0 Å². The van der Waals surface area contributed by atoms with E-state index in [0.29, 0.717) is 5.58 Å². The number of nitrogens with two attached hydrogens (primary N) is 1. The number of anilines is 1. The number of nitrogen functional groups attached to an aromatic ring is 1. The van der Waals surface area contributed by atoms with Gasteiger partial charge in [0.15, 0.2) is 5.58 Å². The van der Waals surface area contributed by atoms with Crippen LogP contribution in [0.25, 0.3) is 11.0 Å². The fourth-order valence-electron chi connectivity index (χ4n) is 1.03. The van der Waals surface area contributed by atoms with Gasteiger partial charge in [0.05, 0.1) is 6.26 Å². The maximum absolute atomic E-state index is 12.7. The molecule has 0 aliphatic rings. The van der Waals surface area contributed by atoms with Crippen molar-refractivity contribution < 1.29 is 8.81 Å². The SMILES string of the molecule is Nc1c(F)ccc2ccoc12. The summed E-state index contributed by atoms with van der Waals surface area (Å²) in [4.78, 5) is 0. The molecule has 0 amide bonds. The van der Waals surface area contributed by atoms with E-state index in [1.54, 1.807) is 12.1 Å². The molecule has 0 aliphatic heterocycles. The van der Waals surface area contributed by atoms with Crippen LogP contribution < -0.4 is 5.73 Å². The van der Waals surface area contributed by atoms with Gasteiger partial charge in [-0.3, -0.25) is 0 Å². The van der Waals surface area contributed by atoms with Gasteiger partial charge in [-0.25, -0.2) is 4.39 Å². The summed E-state index contributed by atoms with van der Waals surface area (Å²) in [6.07, 6.45) is 1.49. The normalized spacial score (nSPS) is 10.6. The van der Waals surface area contributed by atoms with Crippen molar-refractivity contribution in [2.45, 2.75) is 0 Å². The van der Waals surface area contributed by atoms with Crippen LogP contribution in [0.15, 0.2) is 28.9 Å². The van der Waals surface area contributed by atoms with Crippen LogP contribution >= 0.6 is 0 Å². The monoisotopic (exact) mass is 151 g/mol. The average Bonchev–Trinajstić information content (AvgIpc) is 2.45. The van der Waals surface area contributed by atoms with Gasteiger partial charge in [-0.05, 0) is 18.2 Å². The van der Waals surface area contributed by atoms with Gasteiger partial charge in [0, 0.05) is 5.39 Å². The second kappa shape index (κ2) is 1.99. The third-order valence-electron chi connectivity index (χ3n) is 1.61. The molecule has 2 N–H and O–H groups in total. The van der Waals surface area contributed by atoms with Gasteiger partial charge in [-0.15, -0.1) is 0 Å². The van der Waals surface area contributed by atoms with Crippen molar-refractivity contribution in [2.24, 2.45) is 0 Å². The van der Waals surface area contributed by atoms with Crippen molar-refractivity contribution in [3.05, 3.63) is 30.3 Å². The fraction of sp³-hybridized carbons (Fsp3) is 0. The van der Waals surface area contributed by atoms with Gasteiger partial charge >= 0.3 is 0 Å². The van der Waals surface area contributed by atoms with Gasteiger partial charge in [0.25, 0.3) is 0 Å². The molecule has 2 aromatic rings. The number of fused-ring (bicyclic) bond motifs is 1. The molecule has 0 spiro atoms. The summed E-state index contributed by atoms with van der Waals surface area (Å²) in [7, 11) is 0. The topological polar surface area (TPSA) is 39.2 Å². The number of furan rings is 1. The van der Waals surface area contributed by atoms with Crippen LogP contribution in [-0.2, 0) is 0 Å². The number of benzene rings is 1. The Hall–Kier alpha value is -1.51. The maximum Gasteiger partial charge on any atom is 0.159 e. The Bertz CT molecular complexity index is 394. The lowest BCUT2D eigenvalue weighted by Crippen LogP contribution is -1.89. The molecule has 1 heterocycles. The van der Waals surface area contributed by atoms with E-state index in [1.807, 2.05) is 0 Å². The van der Waals surface area contributed by atoms with Crippen molar-refractivity contribution in [2.75, 3.05) is 5.73 Å². The number of rotatable bonds is 0. The van der Waals surface area contributed by atoms with Gasteiger partial charge in [0.1, 0.15) is 11.5 Å². The van der Waals surface area contributed by atoms with Crippen LogP contribution in [0.4, 0.5) is 10.1 Å². The van der Waals surface area contributed by atoms with Crippen molar-refractivity contribution >= 4 is 16.7 Å². The molecule has 0 bridgehead atoms. The zero-order chi connectivity index (χ0) is 7.84. The van der Waals surface area contributed by atoms with Gasteiger partial charge in [0.2, 0.25) is 0 Å². The molecular formula is C8H6FNO. The van der Waals surface area contributed by atoms with Crippen LogP contribution in [0.1, 0.15) is 0 Å². The molecule has 0 saturated heterocycles. The summed E-state index contributed by atoms with van der Waals surface area (Å²) < 4.78 is 17.7. The van der Waals surface area contributed by atoms with Crippen molar-refractivity contribution in [1.29, 1.82) is 0 Å². The van der Waals surface area contributed by atoms with E-state index < -0.39 is 5.82 Å². The molecule has 56 valence electrons. The highest BCUT2D eigenvalue weighted by Gasteiger charge is 2.05. The Balaban J connectivity index is 2.93. The highest BCUT2D eigenvalue weighted by molar-refractivity contribution is 5.87. The highest BCUT2D eigenvalue weighted by atomic mass is 19.1. The zero-order valence-electron chi connectivity index (χ0n) is 5.67. The summed E-state index contributed by atoms with van der Waals surface area (Å²) in [5, 5.41) is 0.823. The molecule has 1 aromatic carbocycles. The summed E-state index contributed by atoms with van der Waals surface area (Å²) in [5.74, 6) is -0.438. The molecule has 0 radical (unpaired) electrons. The first kappa shape index (κ1) is 6.22. The summed E-state index contributed by atoms with van der Waals surface area (Å²) in [6.45, 7) is 0. The quantitative estimate of drug-likeness (QED) is 0.586. The van der Waals surface area contributed by atoms with E-state index in [2.05, 4.69) is 0 Å². The number of halogens is 1. The minimum Gasteiger partial charge on any atom is -0.462 e. The fourth-order valence-corrected chi connectivity index (χ4v) is 1.03. The smallest absolute Gasteiger partial charge is 0.159 e. The summed E-state index contributed by atoms with van der Waals surface area (Å²) in [6, 6.07) is 4.70. The molecule has 0 aliphatic carbocycles. The van der Waals surface area contributed by atoms with E-state index in [0.717, 1.165) is 5.39 Å². The van der Waals surface area contributed by atoms with E-state index >= 15 is 0 Å². The van der Waals surface area contributed by atoms with Crippen LogP contribution in [0.3, 0.4) is 0 Å². The van der Waals surface area contributed by atoms with Crippen LogP contribution in [0.2, 0.25) is 0 Å². The third kappa shape index (κ3) is 0.774. The predicted octanol–water partition coefficient (Wildman–Crippen LogP) is 2.15. The molecule has 0 fully saturated rings. The molecule has 1 aromatic heterocycles. The predicted molar refractivity (Wildman–Crippen MR) is 40.6 cm³/mol. The summed E-state index contributed by atoms with van der Waals surface area (Å²) in [5.41, 5.74) is 5.89. The Kier molecular flexibility index (Phi) is 1.12. The lowest BCUT2D eigenvalue weighted by atomic mass is 10.2. The van der Waals surface area contributed by atoms with Crippen LogP contribution in [0.5, 0.6) is 0 Å². The van der Waals surface area contributed by atoms with Crippen LogP contribution in [0, 0.1) is 5.82 Å². The van der Waals surface area contributed by atoms with Crippen molar-refractivity contribution in [3.8, 4) is 0 Å². The Morgan fingerprint density at radius 3 is 2.91 bits per heavy atom. The first-order valence-electron chi connectivity index (χ1n) is 3.20. The first-order valence-corrected chi connectivity index (χ1v) is 3.20. The molecule has 2 rings (SSSR count). The first-order chi connectivity index (χ1) is 5.29. The second-order valence-corrected chi connectivity index (χ2v) is 2.30. The van der Waals surface area contributed by atoms with E-state index in [-0.39, 0.29) is 5.69 Å². The van der Waals surface area contributed by atoms with Crippen molar-refractivity contribution in [3.63, 3.8) is 0 Å². The van der Waals surface area contributed by atoms with Gasteiger partial charge < -0.3 is 10.2 Å². The van der Waals surface area contributed by atoms with Gasteiger partial charge in [-0.2, -0.15) is 0 Å². The Morgan fingerprint density at radius 2 is 2.09 bits per heavy atom. The highest BCUT2D eigenvalue weighted by Crippen LogP contribution is 2.24. The Labute approximate surface area is 62.4 Å². The zero-order valence-corrected chi connectivity index (χ0v) is 5.67. The van der Waals surface area contributed by atoms with Crippen LogP contribution in [-0.4, -0.2) is 0 Å². The Morgan fingerprint density at radius 1 is 1.27 bits per heavy atom. The summed E-state index contributed by atoms with van der Waals surface area (Å²) >= 11 is 0. The van der Waals surface area contributed by atoms with Gasteiger partial charge in [-0.1, -0.05) is 0 Å². The van der Waals surface area contributed by atoms with E-state index in [1.165, 1.54) is 12.3 Å². The minimum absolute atomic E-state index is 0.0764. The minimum atomic E-state index is -0.438. The number of hydrogen-bond acceptors (Lipinski definition) is 2. The van der Waals surface area contributed by atoms with E-state index in [4.69, 9.17) is 10.2 Å².